The molecule has 0 radical (unpaired) electrons. The summed E-state index contributed by atoms with van der Waals surface area (Å²) in [5.41, 5.74) is 4.64. The summed E-state index contributed by atoms with van der Waals surface area (Å²) in [4.78, 5) is 12.6. The van der Waals surface area contributed by atoms with E-state index in [2.05, 4.69) is 27.3 Å². The van der Waals surface area contributed by atoms with Gasteiger partial charge in [0.2, 0.25) is 5.91 Å². The number of carbonyl (C=O) groups is 1. The Morgan fingerprint density at radius 1 is 1.40 bits per heavy atom. The minimum absolute atomic E-state index is 0.134. The summed E-state index contributed by atoms with van der Waals surface area (Å²) in [7, 11) is 0. The zero-order valence-corrected chi connectivity index (χ0v) is 13.0. The maximum atomic E-state index is 12.6. The van der Waals surface area contributed by atoms with Crippen LogP contribution in [0, 0.1) is 6.92 Å². The monoisotopic (exact) mass is 332 g/mol. The highest BCUT2D eigenvalue weighted by atomic mass is 79.9. The van der Waals surface area contributed by atoms with Gasteiger partial charge in [-0.05, 0) is 45.6 Å². The van der Waals surface area contributed by atoms with E-state index in [0.717, 1.165) is 35.4 Å². The standard InChI is InChI=1S/C16H17BrN2O/c1-11-4-2-3-5-12(11)9-16(20)19-14-6-7-18-10-13(14)8-15(19)17/h2-5,8,18H,6-7,9-10H2,1H3. The van der Waals surface area contributed by atoms with Crippen molar-refractivity contribution in [3.63, 3.8) is 0 Å². The zero-order valence-electron chi connectivity index (χ0n) is 11.4. The Bertz CT molecular complexity index is 660. The van der Waals surface area contributed by atoms with Crippen LogP contribution in [0.25, 0.3) is 0 Å². The molecule has 0 unspecified atom stereocenters. The van der Waals surface area contributed by atoms with Crippen LogP contribution in [-0.2, 0) is 19.4 Å². The number of hydrogen-bond donors (Lipinski definition) is 1. The molecule has 1 aromatic heterocycles. The molecule has 0 amide bonds. The number of rotatable bonds is 2. The third-order valence-corrected chi connectivity index (χ3v) is 4.44. The molecule has 4 heteroatoms. The Hall–Kier alpha value is -1.39. The van der Waals surface area contributed by atoms with E-state index in [1.165, 1.54) is 11.1 Å². The summed E-state index contributed by atoms with van der Waals surface area (Å²) < 4.78 is 2.70. The topological polar surface area (TPSA) is 34.0 Å². The van der Waals surface area contributed by atoms with Gasteiger partial charge in [-0.25, -0.2) is 0 Å². The van der Waals surface area contributed by atoms with Crippen LogP contribution < -0.4 is 5.32 Å². The lowest BCUT2D eigenvalue weighted by Crippen LogP contribution is -2.27. The SMILES string of the molecule is Cc1ccccc1CC(=O)n1c(Br)cc2c1CCNC2. The molecule has 2 heterocycles. The molecular formula is C16H17BrN2O. The van der Waals surface area contributed by atoms with E-state index in [1.807, 2.05) is 35.8 Å². The van der Waals surface area contributed by atoms with Crippen LogP contribution in [0.3, 0.4) is 0 Å². The van der Waals surface area contributed by atoms with Crippen LogP contribution in [0.4, 0.5) is 0 Å². The first-order valence-corrected chi connectivity index (χ1v) is 7.63. The molecule has 3 nitrogen and oxygen atoms in total. The molecule has 1 aliphatic heterocycles. The van der Waals surface area contributed by atoms with Crippen molar-refractivity contribution in [1.82, 2.24) is 9.88 Å². The third kappa shape index (κ3) is 2.45. The van der Waals surface area contributed by atoms with Crippen LogP contribution >= 0.6 is 15.9 Å². The molecule has 20 heavy (non-hydrogen) atoms. The van der Waals surface area contributed by atoms with E-state index in [0.29, 0.717) is 6.42 Å². The number of carbonyl (C=O) groups excluding carboxylic acids is 1. The van der Waals surface area contributed by atoms with Crippen LogP contribution in [0.2, 0.25) is 0 Å². The van der Waals surface area contributed by atoms with Crippen LogP contribution in [-0.4, -0.2) is 17.0 Å². The Morgan fingerprint density at radius 2 is 2.20 bits per heavy atom. The highest BCUT2D eigenvalue weighted by Crippen LogP contribution is 2.24. The summed E-state index contributed by atoms with van der Waals surface area (Å²) >= 11 is 3.52. The maximum Gasteiger partial charge on any atom is 0.236 e. The van der Waals surface area contributed by atoms with E-state index < -0.39 is 0 Å². The molecule has 0 bridgehead atoms. The van der Waals surface area contributed by atoms with E-state index in [4.69, 9.17) is 0 Å². The van der Waals surface area contributed by atoms with Crippen molar-refractivity contribution in [3.8, 4) is 0 Å². The molecule has 0 fully saturated rings. The minimum Gasteiger partial charge on any atom is -0.312 e. The molecule has 0 spiro atoms. The lowest BCUT2D eigenvalue weighted by molar-refractivity contribution is 0.0908. The summed E-state index contributed by atoms with van der Waals surface area (Å²) in [6, 6.07) is 10.1. The zero-order chi connectivity index (χ0) is 14.1. The maximum absolute atomic E-state index is 12.6. The van der Waals surface area contributed by atoms with Crippen LogP contribution in [0.15, 0.2) is 34.9 Å². The quantitative estimate of drug-likeness (QED) is 0.916. The van der Waals surface area contributed by atoms with Gasteiger partial charge < -0.3 is 5.32 Å². The summed E-state index contributed by atoms with van der Waals surface area (Å²) in [5.74, 6) is 0.134. The van der Waals surface area contributed by atoms with Gasteiger partial charge >= 0.3 is 0 Å². The summed E-state index contributed by atoms with van der Waals surface area (Å²) in [6.45, 7) is 3.83. The second-order valence-corrected chi connectivity index (χ2v) is 6.01. The largest absolute Gasteiger partial charge is 0.312 e. The molecule has 0 aliphatic carbocycles. The Morgan fingerprint density at radius 3 is 3.00 bits per heavy atom. The summed E-state index contributed by atoms with van der Waals surface area (Å²) in [6.07, 6.45) is 1.35. The predicted octanol–water partition coefficient (Wildman–Crippen LogP) is 3.09. The van der Waals surface area contributed by atoms with Gasteiger partial charge in [-0.2, -0.15) is 0 Å². The van der Waals surface area contributed by atoms with Crippen molar-refractivity contribution >= 4 is 21.8 Å². The molecule has 2 aromatic rings. The molecule has 1 aliphatic rings. The number of aryl methyl sites for hydroxylation is 1. The molecule has 0 saturated carbocycles. The van der Waals surface area contributed by atoms with Crippen molar-refractivity contribution in [2.75, 3.05) is 6.54 Å². The van der Waals surface area contributed by atoms with Crippen molar-refractivity contribution in [3.05, 3.63) is 57.3 Å². The highest BCUT2D eigenvalue weighted by molar-refractivity contribution is 9.10. The van der Waals surface area contributed by atoms with Gasteiger partial charge in [0.05, 0.1) is 11.0 Å². The minimum atomic E-state index is 0.134. The first-order chi connectivity index (χ1) is 9.66. The Balaban J connectivity index is 1.92. The van der Waals surface area contributed by atoms with Crippen LogP contribution in [0.1, 0.15) is 27.2 Å². The van der Waals surface area contributed by atoms with Crippen molar-refractivity contribution < 1.29 is 4.79 Å². The second kappa shape index (κ2) is 5.54. The molecule has 1 aromatic carbocycles. The lowest BCUT2D eigenvalue weighted by atomic mass is 10.1. The first-order valence-electron chi connectivity index (χ1n) is 6.84. The predicted molar refractivity (Wildman–Crippen MR) is 83.1 cm³/mol. The average Bonchev–Trinajstić information content (AvgIpc) is 2.77. The van der Waals surface area contributed by atoms with E-state index in [9.17, 15) is 4.79 Å². The van der Waals surface area contributed by atoms with Gasteiger partial charge in [0.25, 0.3) is 0 Å². The van der Waals surface area contributed by atoms with Gasteiger partial charge in [-0.15, -0.1) is 0 Å². The first kappa shape index (κ1) is 13.6. The van der Waals surface area contributed by atoms with E-state index >= 15 is 0 Å². The third-order valence-electron chi connectivity index (χ3n) is 3.85. The van der Waals surface area contributed by atoms with E-state index in [-0.39, 0.29) is 5.91 Å². The fraction of sp³-hybridized carbons (Fsp3) is 0.312. The fourth-order valence-electron chi connectivity index (χ4n) is 2.74. The number of nitrogens with zero attached hydrogens (tertiary/aromatic N) is 1. The molecule has 0 saturated heterocycles. The number of nitrogens with one attached hydrogen (secondary N) is 1. The second-order valence-electron chi connectivity index (χ2n) is 5.20. The molecule has 3 rings (SSSR count). The van der Waals surface area contributed by atoms with Gasteiger partial charge in [-0.3, -0.25) is 9.36 Å². The Labute approximate surface area is 127 Å². The van der Waals surface area contributed by atoms with Gasteiger partial charge in [-0.1, -0.05) is 24.3 Å². The number of benzene rings is 1. The fourth-order valence-corrected chi connectivity index (χ4v) is 3.43. The molecular weight excluding hydrogens is 316 g/mol. The summed E-state index contributed by atoms with van der Waals surface area (Å²) in [5, 5.41) is 3.33. The molecule has 1 N–H and O–H groups in total. The molecule has 0 atom stereocenters. The number of fused-ring (bicyclic) bond motifs is 1. The van der Waals surface area contributed by atoms with Crippen molar-refractivity contribution in [2.24, 2.45) is 0 Å². The van der Waals surface area contributed by atoms with Gasteiger partial charge in [0.1, 0.15) is 0 Å². The number of aromatic nitrogens is 1. The van der Waals surface area contributed by atoms with Gasteiger partial charge in [0, 0.05) is 25.2 Å². The molecule has 104 valence electrons. The number of halogens is 1. The highest BCUT2D eigenvalue weighted by Gasteiger charge is 2.21. The van der Waals surface area contributed by atoms with Gasteiger partial charge in [0.15, 0.2) is 0 Å². The lowest BCUT2D eigenvalue weighted by Gasteiger charge is -2.16. The van der Waals surface area contributed by atoms with Crippen molar-refractivity contribution in [1.29, 1.82) is 0 Å². The van der Waals surface area contributed by atoms with E-state index in [1.54, 1.807) is 0 Å². The van der Waals surface area contributed by atoms with Crippen LogP contribution in [0.5, 0.6) is 0 Å². The average molecular weight is 333 g/mol. The normalized spacial score (nSPS) is 14.1. The smallest absolute Gasteiger partial charge is 0.236 e. The van der Waals surface area contributed by atoms with Crippen molar-refractivity contribution in [2.45, 2.75) is 26.3 Å². The Kier molecular flexibility index (Phi) is 3.76. The number of hydrogen-bond acceptors (Lipinski definition) is 2.